The van der Waals surface area contributed by atoms with Gasteiger partial charge in [-0.15, -0.1) is 0 Å². The van der Waals surface area contributed by atoms with Crippen LogP contribution < -0.4 is 0 Å². The number of benzene rings is 7. The second kappa shape index (κ2) is 10.4. The Bertz CT molecular complexity index is 2580. The van der Waals surface area contributed by atoms with Gasteiger partial charge in [-0.25, -0.2) is 0 Å². The summed E-state index contributed by atoms with van der Waals surface area (Å²) in [6, 6.07) is 51.4. The van der Waals surface area contributed by atoms with E-state index in [0.717, 1.165) is 44.7 Å². The van der Waals surface area contributed by atoms with E-state index in [-0.39, 0.29) is 11.1 Å². The summed E-state index contributed by atoms with van der Waals surface area (Å²) in [6.45, 7) is -5.21. The Labute approximate surface area is 276 Å². The highest BCUT2D eigenvalue weighted by Gasteiger charge is 2.24. The molecule has 0 aliphatic rings. The standard InChI is InChI=1S/C44H32N2/c1-29-41-37-17-9-11-19-39(37)46(36-27-23-34(24-28-36)32-15-7-4-8-16-32)44(41)30(2)42-38-18-10-12-20-40(38)45(43(29)42)35-25-21-33(22-26-35)31-13-5-3-6-14-31/h3-28H,1-2H3/i1D3,2D3. The summed E-state index contributed by atoms with van der Waals surface area (Å²) in [5, 5.41) is 2.21. The Kier molecular flexibility index (Phi) is 4.72. The molecule has 0 radical (unpaired) electrons. The normalized spacial score (nSPS) is 14.2. The highest BCUT2D eigenvalue weighted by atomic mass is 15.0. The van der Waals surface area contributed by atoms with E-state index in [1.807, 2.05) is 167 Å². The lowest BCUT2D eigenvalue weighted by Crippen LogP contribution is -1.99. The predicted octanol–water partition coefficient (Wildman–Crippen LogP) is 11.8. The van der Waals surface area contributed by atoms with E-state index < -0.39 is 13.7 Å². The summed E-state index contributed by atoms with van der Waals surface area (Å²) in [7, 11) is 0. The van der Waals surface area contributed by atoms with E-state index in [1.165, 1.54) is 0 Å². The number of rotatable bonds is 4. The molecule has 0 aliphatic carbocycles. The first-order valence-electron chi connectivity index (χ1n) is 18.5. The van der Waals surface area contributed by atoms with Crippen molar-refractivity contribution >= 4 is 43.6 Å². The third-order valence-electron chi connectivity index (χ3n) is 9.19. The molecular weight excluding hydrogens is 556 g/mol. The Morgan fingerprint density at radius 2 is 0.717 bits per heavy atom. The Balaban J connectivity index is 1.45. The van der Waals surface area contributed by atoms with Gasteiger partial charge in [0, 0.05) is 41.1 Å². The molecule has 7 aromatic carbocycles. The van der Waals surface area contributed by atoms with Gasteiger partial charge in [-0.2, -0.15) is 0 Å². The van der Waals surface area contributed by atoms with Crippen molar-refractivity contribution in [3.8, 4) is 33.6 Å². The average Bonchev–Trinajstić information content (AvgIpc) is 3.67. The summed E-state index contributed by atoms with van der Waals surface area (Å²) in [6.07, 6.45) is 0. The number of para-hydroxylation sites is 2. The lowest BCUT2D eigenvalue weighted by Gasteiger charge is -2.15. The fourth-order valence-electron chi connectivity index (χ4n) is 7.10. The molecule has 0 N–H and O–H groups in total. The van der Waals surface area contributed by atoms with Crippen LogP contribution in [0.1, 0.15) is 19.4 Å². The van der Waals surface area contributed by atoms with E-state index in [0.29, 0.717) is 32.6 Å². The molecule has 2 heteroatoms. The first kappa shape index (κ1) is 21.0. The van der Waals surface area contributed by atoms with E-state index in [9.17, 15) is 0 Å². The van der Waals surface area contributed by atoms with Crippen molar-refractivity contribution in [3.05, 3.63) is 169 Å². The molecule has 0 saturated carbocycles. The van der Waals surface area contributed by atoms with Gasteiger partial charge in [0.15, 0.2) is 0 Å². The molecule has 0 saturated heterocycles. The number of aromatic nitrogens is 2. The quantitative estimate of drug-likeness (QED) is 0.192. The zero-order chi connectivity index (χ0) is 35.8. The molecule has 9 rings (SSSR count). The zero-order valence-corrected chi connectivity index (χ0v) is 24.9. The van der Waals surface area contributed by atoms with Gasteiger partial charge in [0.25, 0.3) is 0 Å². The summed E-state index contributed by atoms with van der Waals surface area (Å²) >= 11 is 0. The molecule has 2 aromatic heterocycles. The number of aryl methyl sites for hydroxylation is 2. The predicted molar refractivity (Wildman–Crippen MR) is 195 cm³/mol. The minimum absolute atomic E-state index is 0.129. The number of hydrogen-bond donors (Lipinski definition) is 0. The SMILES string of the molecule is [2H]C([2H])([2H])c1c2c3ccccc3n(-c3ccc(-c4ccccc4)cc3)c2c(C([2H])([2H])[2H])c2c3ccccc3n(-c3ccc(-c4ccccc4)cc3)c12. The maximum atomic E-state index is 9.13. The molecule has 0 unspecified atom stereocenters. The molecule has 0 bridgehead atoms. The smallest absolute Gasteiger partial charge is 0.0580 e. The van der Waals surface area contributed by atoms with Crippen molar-refractivity contribution in [1.29, 1.82) is 0 Å². The van der Waals surface area contributed by atoms with Crippen molar-refractivity contribution in [3.63, 3.8) is 0 Å². The Morgan fingerprint density at radius 3 is 1.11 bits per heavy atom. The fourth-order valence-corrected chi connectivity index (χ4v) is 7.10. The minimum Gasteiger partial charge on any atom is -0.309 e. The molecule has 2 nitrogen and oxygen atoms in total. The second-order valence-electron chi connectivity index (χ2n) is 11.7. The summed E-state index contributed by atoms with van der Waals surface area (Å²) in [4.78, 5) is 0. The molecule has 0 amide bonds. The van der Waals surface area contributed by atoms with Crippen molar-refractivity contribution in [2.75, 3.05) is 0 Å². The second-order valence-corrected chi connectivity index (χ2v) is 11.7. The Hall–Kier alpha value is -5.86. The van der Waals surface area contributed by atoms with E-state index in [4.69, 9.17) is 8.22 Å². The molecule has 2 heterocycles. The summed E-state index contributed by atoms with van der Waals surface area (Å²) < 4.78 is 58.6. The van der Waals surface area contributed by atoms with Crippen molar-refractivity contribution in [2.45, 2.75) is 13.7 Å². The number of nitrogens with zero attached hydrogens (tertiary/aromatic N) is 2. The molecule has 9 aromatic rings. The van der Waals surface area contributed by atoms with Crippen LogP contribution in [0.25, 0.3) is 77.2 Å². The lowest BCUT2D eigenvalue weighted by molar-refractivity contribution is 1.16. The van der Waals surface area contributed by atoms with Gasteiger partial charge in [-0.3, -0.25) is 0 Å². The van der Waals surface area contributed by atoms with Crippen LogP contribution in [0.2, 0.25) is 0 Å². The highest BCUT2D eigenvalue weighted by molar-refractivity contribution is 6.23. The van der Waals surface area contributed by atoms with Crippen molar-refractivity contribution < 1.29 is 8.22 Å². The molecule has 218 valence electrons. The molecule has 46 heavy (non-hydrogen) atoms. The van der Waals surface area contributed by atoms with Crippen LogP contribution in [-0.4, -0.2) is 9.13 Å². The molecule has 0 atom stereocenters. The topological polar surface area (TPSA) is 9.86 Å². The van der Waals surface area contributed by atoms with Gasteiger partial charge in [0.1, 0.15) is 0 Å². The average molecular weight is 595 g/mol. The molecule has 0 spiro atoms. The van der Waals surface area contributed by atoms with Crippen LogP contribution >= 0.6 is 0 Å². The number of hydrogen-bond acceptors (Lipinski definition) is 0. The third-order valence-corrected chi connectivity index (χ3v) is 9.19. The van der Waals surface area contributed by atoms with Crippen LogP contribution in [0.3, 0.4) is 0 Å². The van der Waals surface area contributed by atoms with Crippen LogP contribution in [0.15, 0.2) is 158 Å². The van der Waals surface area contributed by atoms with Crippen molar-refractivity contribution in [2.24, 2.45) is 0 Å². The van der Waals surface area contributed by atoms with Crippen LogP contribution in [0.4, 0.5) is 0 Å². The minimum atomic E-state index is -2.61. The van der Waals surface area contributed by atoms with Gasteiger partial charge in [-0.1, -0.05) is 121 Å². The van der Waals surface area contributed by atoms with Gasteiger partial charge in [0.05, 0.1) is 22.1 Å². The molecule has 0 aliphatic heterocycles. The van der Waals surface area contributed by atoms with Gasteiger partial charge < -0.3 is 9.13 Å². The largest absolute Gasteiger partial charge is 0.309 e. The van der Waals surface area contributed by atoms with Gasteiger partial charge >= 0.3 is 0 Å². The number of fused-ring (bicyclic) bond motifs is 6. The molecule has 0 fully saturated rings. The van der Waals surface area contributed by atoms with Crippen LogP contribution in [-0.2, 0) is 0 Å². The maximum Gasteiger partial charge on any atom is 0.0580 e. The first-order valence-corrected chi connectivity index (χ1v) is 15.5. The van der Waals surface area contributed by atoms with E-state index in [2.05, 4.69) is 0 Å². The lowest BCUT2D eigenvalue weighted by atomic mass is 9.98. The monoisotopic (exact) mass is 594 g/mol. The third kappa shape index (κ3) is 3.90. The van der Waals surface area contributed by atoms with E-state index in [1.54, 1.807) is 0 Å². The first-order chi connectivity index (χ1) is 25.1. The zero-order valence-electron chi connectivity index (χ0n) is 30.9. The van der Waals surface area contributed by atoms with Gasteiger partial charge in [0.2, 0.25) is 0 Å². The van der Waals surface area contributed by atoms with Crippen molar-refractivity contribution in [1.82, 2.24) is 9.13 Å². The maximum absolute atomic E-state index is 9.13. The van der Waals surface area contributed by atoms with Crippen LogP contribution in [0.5, 0.6) is 0 Å². The van der Waals surface area contributed by atoms with E-state index >= 15 is 0 Å². The summed E-state index contributed by atoms with van der Waals surface area (Å²) in [5.74, 6) is 0. The Morgan fingerprint density at radius 1 is 0.370 bits per heavy atom. The highest BCUT2D eigenvalue weighted by Crippen LogP contribution is 2.45. The van der Waals surface area contributed by atoms with Gasteiger partial charge in [-0.05, 0) is 83.5 Å². The molecular formula is C44H32N2. The fraction of sp³-hybridized carbons (Fsp3) is 0.0455. The van der Waals surface area contributed by atoms with Crippen LogP contribution in [0, 0.1) is 13.7 Å². The summed E-state index contributed by atoms with van der Waals surface area (Å²) in [5.41, 5.74) is 8.15.